The Morgan fingerprint density at radius 1 is 1.00 bits per heavy atom. The first-order chi connectivity index (χ1) is 13.3. The van der Waals surface area contributed by atoms with Crippen molar-refractivity contribution in [2.75, 3.05) is 31.3 Å². The molecule has 144 valence electrons. The summed E-state index contributed by atoms with van der Waals surface area (Å²) in [5, 5.41) is 2.90. The molecule has 0 aliphatic carbocycles. The van der Waals surface area contributed by atoms with Gasteiger partial charge in [-0.25, -0.2) is 0 Å². The van der Waals surface area contributed by atoms with Gasteiger partial charge < -0.3 is 14.8 Å². The molecule has 0 unspecified atom stereocenters. The number of ether oxygens (including phenoxy) is 2. The number of thioether (sulfide) groups is 2. The van der Waals surface area contributed by atoms with Crippen molar-refractivity contribution in [3.05, 3.63) is 59.7 Å². The Hall–Kier alpha value is -1.79. The summed E-state index contributed by atoms with van der Waals surface area (Å²) in [4.78, 5) is 12.3. The molecule has 4 nitrogen and oxygen atoms in total. The standard InChI is InChI=1S/C21H25NO3S2/c1-2-24-18-8-10-19(11-9-18)25-13-12-22-20(23)16-4-6-17(7-5-16)21-26-14-3-15-27-21/h4-11,21H,2-3,12-15H2,1H3,(H,22,23). The van der Waals surface area contributed by atoms with Gasteiger partial charge in [0.15, 0.2) is 0 Å². The van der Waals surface area contributed by atoms with E-state index in [1.807, 2.05) is 66.8 Å². The number of hydrogen-bond acceptors (Lipinski definition) is 5. The second-order valence-electron chi connectivity index (χ2n) is 6.06. The molecule has 1 aliphatic rings. The highest BCUT2D eigenvalue weighted by molar-refractivity contribution is 8.16. The number of benzene rings is 2. The summed E-state index contributed by atoms with van der Waals surface area (Å²) in [6.07, 6.45) is 1.28. The fourth-order valence-electron chi connectivity index (χ4n) is 2.71. The van der Waals surface area contributed by atoms with Crippen LogP contribution >= 0.6 is 23.5 Å². The van der Waals surface area contributed by atoms with Crippen LogP contribution in [-0.2, 0) is 0 Å². The van der Waals surface area contributed by atoms with Crippen molar-refractivity contribution in [3.8, 4) is 11.5 Å². The summed E-state index contributed by atoms with van der Waals surface area (Å²) in [5.74, 6) is 3.95. The Bertz CT molecular complexity index is 713. The van der Waals surface area contributed by atoms with E-state index in [9.17, 15) is 4.79 Å². The highest BCUT2D eigenvalue weighted by Crippen LogP contribution is 2.43. The van der Waals surface area contributed by atoms with Crippen LogP contribution in [0.3, 0.4) is 0 Å². The predicted octanol–water partition coefficient (Wildman–Crippen LogP) is 4.76. The average Bonchev–Trinajstić information content (AvgIpc) is 2.73. The van der Waals surface area contributed by atoms with E-state index in [2.05, 4.69) is 17.4 Å². The van der Waals surface area contributed by atoms with E-state index in [-0.39, 0.29) is 5.91 Å². The minimum atomic E-state index is -0.0687. The van der Waals surface area contributed by atoms with Crippen LogP contribution in [0.1, 0.15) is 33.8 Å². The summed E-state index contributed by atoms with van der Waals surface area (Å²) in [5.41, 5.74) is 1.98. The van der Waals surface area contributed by atoms with Gasteiger partial charge in [0.1, 0.15) is 18.1 Å². The number of carbonyl (C=O) groups is 1. The van der Waals surface area contributed by atoms with Crippen LogP contribution in [0.4, 0.5) is 0 Å². The second kappa shape index (κ2) is 10.5. The van der Waals surface area contributed by atoms with Gasteiger partial charge in [-0.05, 0) is 66.8 Å². The van der Waals surface area contributed by atoms with Crippen molar-refractivity contribution in [1.29, 1.82) is 0 Å². The molecule has 0 saturated carbocycles. The van der Waals surface area contributed by atoms with Crippen LogP contribution in [0.5, 0.6) is 11.5 Å². The van der Waals surface area contributed by atoms with Crippen molar-refractivity contribution in [1.82, 2.24) is 5.32 Å². The first-order valence-corrected chi connectivity index (χ1v) is 11.3. The van der Waals surface area contributed by atoms with Crippen LogP contribution in [0.2, 0.25) is 0 Å². The fraction of sp³-hybridized carbons (Fsp3) is 0.381. The molecular formula is C21H25NO3S2. The molecule has 0 radical (unpaired) electrons. The molecule has 0 aromatic heterocycles. The Balaban J connectivity index is 1.41. The maximum Gasteiger partial charge on any atom is 0.251 e. The SMILES string of the molecule is CCOc1ccc(OCCNC(=O)c2ccc(C3SCCCS3)cc2)cc1. The number of amides is 1. The summed E-state index contributed by atoms with van der Waals surface area (Å²) in [6, 6.07) is 15.5. The second-order valence-corrected chi connectivity index (χ2v) is 8.78. The summed E-state index contributed by atoms with van der Waals surface area (Å²) in [7, 11) is 0. The van der Waals surface area contributed by atoms with Crippen LogP contribution in [0.25, 0.3) is 0 Å². The van der Waals surface area contributed by atoms with Gasteiger partial charge in [-0.1, -0.05) is 12.1 Å². The lowest BCUT2D eigenvalue weighted by Gasteiger charge is -2.21. The lowest BCUT2D eigenvalue weighted by atomic mass is 10.1. The molecule has 2 aromatic rings. The third kappa shape index (κ3) is 6.11. The van der Waals surface area contributed by atoms with E-state index >= 15 is 0 Å². The average molecular weight is 404 g/mol. The van der Waals surface area contributed by atoms with Crippen LogP contribution < -0.4 is 14.8 Å². The largest absolute Gasteiger partial charge is 0.494 e. The summed E-state index contributed by atoms with van der Waals surface area (Å²) >= 11 is 3.97. The lowest BCUT2D eigenvalue weighted by molar-refractivity contribution is 0.0947. The molecule has 1 fully saturated rings. The molecule has 1 N–H and O–H groups in total. The van der Waals surface area contributed by atoms with Crippen LogP contribution in [0, 0.1) is 0 Å². The highest BCUT2D eigenvalue weighted by atomic mass is 32.2. The Labute approximate surface area is 169 Å². The van der Waals surface area contributed by atoms with Crippen molar-refractivity contribution in [2.45, 2.75) is 17.9 Å². The zero-order chi connectivity index (χ0) is 18.9. The van der Waals surface area contributed by atoms with Gasteiger partial charge in [0.05, 0.1) is 17.7 Å². The highest BCUT2D eigenvalue weighted by Gasteiger charge is 2.16. The molecule has 1 saturated heterocycles. The van der Waals surface area contributed by atoms with Crippen molar-refractivity contribution in [2.24, 2.45) is 0 Å². The molecule has 1 heterocycles. The zero-order valence-corrected chi connectivity index (χ0v) is 17.1. The molecule has 2 aromatic carbocycles. The molecule has 1 aliphatic heterocycles. The smallest absolute Gasteiger partial charge is 0.251 e. The van der Waals surface area contributed by atoms with E-state index in [0.29, 0.717) is 29.9 Å². The lowest BCUT2D eigenvalue weighted by Crippen LogP contribution is -2.28. The van der Waals surface area contributed by atoms with Gasteiger partial charge in [0.2, 0.25) is 0 Å². The molecule has 6 heteroatoms. The molecule has 0 atom stereocenters. The Morgan fingerprint density at radius 2 is 1.63 bits per heavy atom. The number of nitrogens with one attached hydrogen (secondary N) is 1. The zero-order valence-electron chi connectivity index (χ0n) is 15.5. The fourth-order valence-corrected chi connectivity index (χ4v) is 5.60. The van der Waals surface area contributed by atoms with Gasteiger partial charge in [0.25, 0.3) is 5.91 Å². The third-order valence-corrected chi connectivity index (χ3v) is 7.08. The van der Waals surface area contributed by atoms with Gasteiger partial charge in [-0.2, -0.15) is 0 Å². The minimum Gasteiger partial charge on any atom is -0.494 e. The predicted molar refractivity (Wildman–Crippen MR) is 114 cm³/mol. The van der Waals surface area contributed by atoms with Gasteiger partial charge in [0, 0.05) is 5.56 Å². The number of rotatable bonds is 8. The normalized spacial score (nSPS) is 14.6. The maximum atomic E-state index is 12.3. The maximum absolute atomic E-state index is 12.3. The Morgan fingerprint density at radius 3 is 2.26 bits per heavy atom. The van der Waals surface area contributed by atoms with Gasteiger partial charge in [-0.15, -0.1) is 23.5 Å². The molecular weight excluding hydrogens is 378 g/mol. The third-order valence-electron chi connectivity index (χ3n) is 4.06. The number of carbonyl (C=O) groups excluding carboxylic acids is 1. The first-order valence-electron chi connectivity index (χ1n) is 9.23. The summed E-state index contributed by atoms with van der Waals surface area (Å²) in [6.45, 7) is 3.48. The van der Waals surface area contributed by atoms with E-state index in [4.69, 9.17) is 9.47 Å². The van der Waals surface area contributed by atoms with Crippen molar-refractivity contribution < 1.29 is 14.3 Å². The number of hydrogen-bond donors (Lipinski definition) is 1. The molecule has 3 rings (SSSR count). The van der Waals surface area contributed by atoms with Gasteiger partial charge >= 0.3 is 0 Å². The molecule has 0 bridgehead atoms. The van der Waals surface area contributed by atoms with Crippen molar-refractivity contribution in [3.63, 3.8) is 0 Å². The quantitative estimate of drug-likeness (QED) is 0.644. The molecule has 1 amide bonds. The van der Waals surface area contributed by atoms with Crippen LogP contribution in [0.15, 0.2) is 48.5 Å². The summed E-state index contributed by atoms with van der Waals surface area (Å²) < 4.78 is 11.5. The topological polar surface area (TPSA) is 47.6 Å². The monoisotopic (exact) mass is 403 g/mol. The Kier molecular flexibility index (Phi) is 7.78. The van der Waals surface area contributed by atoms with Crippen LogP contribution in [-0.4, -0.2) is 37.2 Å². The first kappa shape index (κ1) is 20.0. The van der Waals surface area contributed by atoms with E-state index < -0.39 is 0 Å². The van der Waals surface area contributed by atoms with Gasteiger partial charge in [-0.3, -0.25) is 4.79 Å². The van der Waals surface area contributed by atoms with E-state index in [0.717, 1.165) is 11.5 Å². The van der Waals surface area contributed by atoms with E-state index in [1.54, 1.807) is 0 Å². The minimum absolute atomic E-state index is 0.0687. The van der Waals surface area contributed by atoms with E-state index in [1.165, 1.54) is 23.5 Å². The molecule has 27 heavy (non-hydrogen) atoms. The molecule has 0 spiro atoms. The van der Waals surface area contributed by atoms with Crippen molar-refractivity contribution >= 4 is 29.4 Å².